The highest BCUT2D eigenvalue weighted by atomic mass is 16.6. The number of ether oxygens (including phenoxy) is 1. The van der Waals surface area contributed by atoms with Gasteiger partial charge in [0.05, 0.1) is 6.54 Å². The van der Waals surface area contributed by atoms with E-state index in [4.69, 9.17) is 4.74 Å². The van der Waals surface area contributed by atoms with Gasteiger partial charge in [-0.2, -0.15) is 0 Å². The number of carbonyl (C=O) groups excluding carboxylic acids is 1. The van der Waals surface area contributed by atoms with E-state index < -0.39 is 5.60 Å². The van der Waals surface area contributed by atoms with Crippen LogP contribution >= 0.6 is 0 Å². The molecular weight excluding hydrogens is 250 g/mol. The lowest BCUT2D eigenvalue weighted by Gasteiger charge is -2.25. The fourth-order valence-corrected chi connectivity index (χ4v) is 3.51. The number of carbonyl (C=O) groups is 1. The van der Waals surface area contributed by atoms with Crippen LogP contribution in [-0.4, -0.2) is 24.6 Å². The predicted molar refractivity (Wildman–Crippen MR) is 78.7 cm³/mol. The summed E-state index contributed by atoms with van der Waals surface area (Å²) in [5.41, 5.74) is 2.03. The second-order valence-electron chi connectivity index (χ2n) is 6.41. The Balaban J connectivity index is 1.77. The first-order chi connectivity index (χ1) is 9.58. The van der Waals surface area contributed by atoms with Crippen molar-refractivity contribution in [2.75, 3.05) is 13.6 Å². The zero-order valence-corrected chi connectivity index (χ0v) is 12.4. The van der Waals surface area contributed by atoms with Gasteiger partial charge in [-0.3, -0.25) is 0 Å². The van der Waals surface area contributed by atoms with Crippen molar-refractivity contribution in [2.24, 2.45) is 0 Å². The summed E-state index contributed by atoms with van der Waals surface area (Å²) in [6.07, 6.45) is 6.49. The van der Waals surface area contributed by atoms with Gasteiger partial charge in [0.25, 0.3) is 0 Å². The summed E-state index contributed by atoms with van der Waals surface area (Å²) in [4.78, 5) is 13.2. The third-order valence-electron chi connectivity index (χ3n) is 4.76. The number of rotatable bonds is 2. The van der Waals surface area contributed by atoms with Crippen LogP contribution in [0.3, 0.4) is 0 Å². The molecule has 1 unspecified atom stereocenters. The van der Waals surface area contributed by atoms with Gasteiger partial charge in [0.2, 0.25) is 0 Å². The number of amides is 1. The maximum absolute atomic E-state index is 11.6. The van der Waals surface area contributed by atoms with Gasteiger partial charge >= 0.3 is 6.09 Å². The highest BCUT2D eigenvalue weighted by Gasteiger charge is 2.40. The summed E-state index contributed by atoms with van der Waals surface area (Å²) in [5, 5.41) is 0. The molecule has 1 atom stereocenters. The highest BCUT2D eigenvalue weighted by molar-refractivity contribution is 5.70. The quantitative estimate of drug-likeness (QED) is 0.814. The van der Waals surface area contributed by atoms with E-state index in [2.05, 4.69) is 24.3 Å². The summed E-state index contributed by atoms with van der Waals surface area (Å²) in [7, 11) is 1.78. The Kier molecular flexibility index (Phi) is 3.45. The number of hydrogen-bond donors (Lipinski definition) is 0. The average molecular weight is 273 g/mol. The summed E-state index contributed by atoms with van der Waals surface area (Å²) >= 11 is 0. The fraction of sp³-hybridized carbons (Fsp3) is 0.588. The van der Waals surface area contributed by atoms with E-state index in [0.717, 1.165) is 11.5 Å². The van der Waals surface area contributed by atoms with E-state index in [9.17, 15) is 4.79 Å². The standard InChI is InChI=1S/C17H23NO2/c1-17(12-18(2)16(19)20-17)15-10-8-14(9-11-15)13-6-4-3-5-7-13/h8-11,13H,3-7,12H2,1-2H3. The topological polar surface area (TPSA) is 29.5 Å². The van der Waals surface area contributed by atoms with Crippen LogP contribution in [0.5, 0.6) is 0 Å². The third-order valence-corrected chi connectivity index (χ3v) is 4.76. The van der Waals surface area contributed by atoms with Gasteiger partial charge in [0, 0.05) is 7.05 Å². The van der Waals surface area contributed by atoms with E-state index in [1.54, 1.807) is 11.9 Å². The van der Waals surface area contributed by atoms with Crippen molar-refractivity contribution >= 4 is 6.09 Å². The molecule has 3 nitrogen and oxygen atoms in total. The molecule has 0 bridgehead atoms. The Bertz CT molecular complexity index is 490. The molecule has 1 aromatic carbocycles. The van der Waals surface area contributed by atoms with Crippen molar-refractivity contribution in [2.45, 2.75) is 50.5 Å². The molecule has 0 aromatic heterocycles. The summed E-state index contributed by atoms with van der Waals surface area (Å²) in [6.45, 7) is 2.61. The minimum absolute atomic E-state index is 0.233. The molecule has 1 aromatic rings. The maximum Gasteiger partial charge on any atom is 0.410 e. The van der Waals surface area contributed by atoms with Gasteiger partial charge in [-0.25, -0.2) is 4.79 Å². The Morgan fingerprint density at radius 2 is 1.80 bits per heavy atom. The smallest absolute Gasteiger partial charge is 0.410 e. The zero-order valence-electron chi connectivity index (χ0n) is 12.4. The lowest BCUT2D eigenvalue weighted by Crippen LogP contribution is -2.27. The average Bonchev–Trinajstić information content (AvgIpc) is 2.74. The first-order valence-corrected chi connectivity index (χ1v) is 7.63. The van der Waals surface area contributed by atoms with Crippen LogP contribution in [-0.2, 0) is 10.3 Å². The minimum Gasteiger partial charge on any atom is -0.436 e. The van der Waals surface area contributed by atoms with E-state index >= 15 is 0 Å². The molecule has 3 rings (SSSR count). The Hall–Kier alpha value is -1.51. The number of cyclic esters (lactones) is 1. The summed E-state index contributed by atoms with van der Waals surface area (Å²) in [6, 6.07) is 8.72. The molecular formula is C17H23NO2. The Morgan fingerprint density at radius 3 is 2.35 bits per heavy atom. The monoisotopic (exact) mass is 273 g/mol. The zero-order chi connectivity index (χ0) is 14.2. The van der Waals surface area contributed by atoms with Crippen molar-refractivity contribution < 1.29 is 9.53 Å². The summed E-state index contributed by atoms with van der Waals surface area (Å²) in [5.74, 6) is 0.722. The van der Waals surface area contributed by atoms with Gasteiger partial charge < -0.3 is 9.64 Å². The SMILES string of the molecule is CN1CC(C)(c2ccc(C3CCCCC3)cc2)OC1=O. The molecule has 20 heavy (non-hydrogen) atoms. The lowest BCUT2D eigenvalue weighted by atomic mass is 9.83. The molecule has 1 saturated carbocycles. The Labute approximate surface area is 120 Å². The number of likely N-dealkylation sites (N-methyl/N-ethyl adjacent to an activating group) is 1. The van der Waals surface area contributed by atoms with Gasteiger partial charge in [-0.1, -0.05) is 43.5 Å². The van der Waals surface area contributed by atoms with Crippen LogP contribution in [0, 0.1) is 0 Å². The van der Waals surface area contributed by atoms with E-state index in [-0.39, 0.29) is 6.09 Å². The van der Waals surface area contributed by atoms with Crippen molar-refractivity contribution in [3.05, 3.63) is 35.4 Å². The van der Waals surface area contributed by atoms with Crippen LogP contribution < -0.4 is 0 Å². The molecule has 1 aliphatic carbocycles. The maximum atomic E-state index is 11.6. The normalized spacial score (nSPS) is 27.7. The van der Waals surface area contributed by atoms with Crippen LogP contribution in [0.1, 0.15) is 56.1 Å². The minimum atomic E-state index is -0.503. The van der Waals surface area contributed by atoms with Crippen LogP contribution in [0.15, 0.2) is 24.3 Å². The molecule has 108 valence electrons. The van der Waals surface area contributed by atoms with Crippen molar-refractivity contribution in [1.29, 1.82) is 0 Å². The molecule has 2 aliphatic rings. The predicted octanol–water partition coefficient (Wildman–Crippen LogP) is 4.03. The van der Waals surface area contributed by atoms with Crippen LogP contribution in [0.2, 0.25) is 0 Å². The second-order valence-corrected chi connectivity index (χ2v) is 6.41. The highest BCUT2D eigenvalue weighted by Crippen LogP contribution is 2.36. The second kappa shape index (κ2) is 5.12. The third kappa shape index (κ3) is 2.41. The van der Waals surface area contributed by atoms with Crippen molar-refractivity contribution in [3.63, 3.8) is 0 Å². The first-order valence-electron chi connectivity index (χ1n) is 7.63. The van der Waals surface area contributed by atoms with Gasteiger partial charge in [-0.15, -0.1) is 0 Å². The fourth-order valence-electron chi connectivity index (χ4n) is 3.51. The van der Waals surface area contributed by atoms with Gasteiger partial charge in [-0.05, 0) is 36.8 Å². The number of benzene rings is 1. The molecule has 1 aliphatic heterocycles. The number of hydrogen-bond acceptors (Lipinski definition) is 2. The van der Waals surface area contributed by atoms with Gasteiger partial charge in [0.1, 0.15) is 0 Å². The molecule has 1 saturated heterocycles. The molecule has 0 N–H and O–H groups in total. The summed E-state index contributed by atoms with van der Waals surface area (Å²) < 4.78 is 5.52. The van der Waals surface area contributed by atoms with E-state index in [1.807, 2.05) is 6.92 Å². The van der Waals surface area contributed by atoms with E-state index in [1.165, 1.54) is 37.7 Å². The molecule has 0 spiro atoms. The molecule has 1 amide bonds. The van der Waals surface area contributed by atoms with Crippen molar-refractivity contribution in [1.82, 2.24) is 4.90 Å². The van der Waals surface area contributed by atoms with E-state index in [0.29, 0.717) is 6.54 Å². The first kappa shape index (κ1) is 13.5. The molecule has 0 radical (unpaired) electrons. The lowest BCUT2D eigenvalue weighted by molar-refractivity contribution is 0.0701. The Morgan fingerprint density at radius 1 is 1.15 bits per heavy atom. The number of nitrogens with zero attached hydrogens (tertiary/aromatic N) is 1. The largest absolute Gasteiger partial charge is 0.436 e. The van der Waals surface area contributed by atoms with Crippen molar-refractivity contribution in [3.8, 4) is 0 Å². The van der Waals surface area contributed by atoms with Crippen LogP contribution in [0.4, 0.5) is 4.79 Å². The molecule has 2 fully saturated rings. The molecule has 3 heteroatoms. The molecule has 1 heterocycles. The van der Waals surface area contributed by atoms with Gasteiger partial charge in [0.15, 0.2) is 5.60 Å². The van der Waals surface area contributed by atoms with Crippen LogP contribution in [0.25, 0.3) is 0 Å².